The van der Waals surface area contributed by atoms with Gasteiger partial charge in [0.05, 0.1) is 11.3 Å². The minimum Gasteiger partial charge on any atom is -0.456 e. The van der Waals surface area contributed by atoms with Gasteiger partial charge in [0.1, 0.15) is 11.9 Å². The Morgan fingerprint density at radius 3 is 2.60 bits per heavy atom. The van der Waals surface area contributed by atoms with E-state index in [9.17, 15) is 4.79 Å². The van der Waals surface area contributed by atoms with Crippen molar-refractivity contribution in [2.24, 2.45) is 0 Å². The Balaban J connectivity index is 2.75. The molecule has 0 bridgehead atoms. The van der Waals surface area contributed by atoms with E-state index in [1.165, 1.54) is 6.33 Å². The smallest absolute Gasteiger partial charge is 0.340 e. The first-order chi connectivity index (χ1) is 6.90. The van der Waals surface area contributed by atoms with Gasteiger partial charge in [-0.2, -0.15) is 0 Å². The van der Waals surface area contributed by atoms with Gasteiger partial charge in [-0.15, -0.1) is 0 Å². The van der Waals surface area contributed by atoms with Gasteiger partial charge < -0.3 is 4.74 Å². The van der Waals surface area contributed by atoms with E-state index in [4.69, 9.17) is 4.74 Å². The zero-order valence-electron chi connectivity index (χ0n) is 9.15. The lowest BCUT2D eigenvalue weighted by molar-refractivity contribution is -0.147. The third kappa shape index (κ3) is 3.50. The van der Waals surface area contributed by atoms with E-state index in [-0.39, 0.29) is 5.57 Å². The van der Waals surface area contributed by atoms with Crippen molar-refractivity contribution in [2.45, 2.75) is 26.4 Å². The Labute approximate surface area is 89.0 Å². The van der Waals surface area contributed by atoms with Crippen molar-refractivity contribution in [1.29, 1.82) is 0 Å². The van der Waals surface area contributed by atoms with E-state index in [2.05, 4.69) is 16.5 Å². The SMILES string of the molecule is C=C(C(=O)OC(C)(C)C)c1ccncn1. The molecule has 0 saturated carbocycles. The molecular weight excluding hydrogens is 192 g/mol. The van der Waals surface area contributed by atoms with Gasteiger partial charge >= 0.3 is 5.97 Å². The second kappa shape index (κ2) is 4.21. The van der Waals surface area contributed by atoms with Crippen molar-refractivity contribution >= 4 is 11.5 Å². The van der Waals surface area contributed by atoms with Gasteiger partial charge in [0, 0.05) is 6.20 Å². The van der Waals surface area contributed by atoms with Crippen LogP contribution in [0.1, 0.15) is 26.5 Å². The second-order valence-electron chi connectivity index (χ2n) is 4.08. The number of hydrogen-bond acceptors (Lipinski definition) is 4. The van der Waals surface area contributed by atoms with Crippen LogP contribution < -0.4 is 0 Å². The minimum absolute atomic E-state index is 0.243. The summed E-state index contributed by atoms with van der Waals surface area (Å²) in [7, 11) is 0. The topological polar surface area (TPSA) is 52.1 Å². The highest BCUT2D eigenvalue weighted by atomic mass is 16.6. The van der Waals surface area contributed by atoms with Crippen LogP contribution in [-0.4, -0.2) is 21.5 Å². The predicted molar refractivity (Wildman–Crippen MR) is 56.9 cm³/mol. The number of nitrogens with zero attached hydrogens (tertiary/aromatic N) is 2. The van der Waals surface area contributed by atoms with Crippen molar-refractivity contribution in [3.8, 4) is 0 Å². The molecule has 0 saturated heterocycles. The first-order valence-electron chi connectivity index (χ1n) is 4.59. The lowest BCUT2D eigenvalue weighted by Crippen LogP contribution is -2.24. The largest absolute Gasteiger partial charge is 0.456 e. The molecule has 0 aromatic carbocycles. The van der Waals surface area contributed by atoms with Crippen LogP contribution in [0, 0.1) is 0 Å². The van der Waals surface area contributed by atoms with Gasteiger partial charge in [-0.05, 0) is 26.8 Å². The molecule has 4 heteroatoms. The summed E-state index contributed by atoms with van der Waals surface area (Å²) in [5.41, 5.74) is 0.208. The molecule has 1 rings (SSSR count). The molecule has 0 spiro atoms. The minimum atomic E-state index is -0.521. The first-order valence-corrected chi connectivity index (χ1v) is 4.59. The molecule has 1 aromatic heterocycles. The van der Waals surface area contributed by atoms with Crippen LogP contribution >= 0.6 is 0 Å². The molecule has 0 amide bonds. The second-order valence-corrected chi connectivity index (χ2v) is 4.08. The number of rotatable bonds is 2. The molecule has 0 aliphatic rings. The summed E-state index contributed by atoms with van der Waals surface area (Å²) in [5, 5.41) is 0. The van der Waals surface area contributed by atoms with Crippen LogP contribution in [-0.2, 0) is 9.53 Å². The third-order valence-corrected chi connectivity index (χ3v) is 1.54. The highest BCUT2D eigenvalue weighted by Crippen LogP contribution is 2.15. The van der Waals surface area contributed by atoms with Crippen molar-refractivity contribution in [3.05, 3.63) is 30.9 Å². The maximum absolute atomic E-state index is 11.6. The Bertz CT molecular complexity index is 366. The van der Waals surface area contributed by atoms with Crippen LogP contribution in [0.2, 0.25) is 0 Å². The standard InChI is InChI=1S/C11H14N2O2/c1-8(9-5-6-12-7-13-9)10(14)15-11(2,3)4/h5-7H,1H2,2-4H3. The van der Waals surface area contributed by atoms with Gasteiger partial charge in [-0.1, -0.05) is 6.58 Å². The number of carbonyl (C=O) groups excluding carboxylic acids is 1. The van der Waals surface area contributed by atoms with Crippen molar-refractivity contribution in [3.63, 3.8) is 0 Å². The Morgan fingerprint density at radius 1 is 1.47 bits per heavy atom. The molecular formula is C11H14N2O2. The zero-order valence-corrected chi connectivity index (χ0v) is 9.15. The molecule has 1 aromatic rings. The van der Waals surface area contributed by atoms with Crippen LogP contribution in [0.4, 0.5) is 0 Å². The van der Waals surface area contributed by atoms with E-state index < -0.39 is 11.6 Å². The molecule has 0 radical (unpaired) electrons. The normalized spacial score (nSPS) is 10.9. The summed E-state index contributed by atoms with van der Waals surface area (Å²) in [6, 6.07) is 1.62. The van der Waals surface area contributed by atoms with Crippen molar-refractivity contribution < 1.29 is 9.53 Å². The van der Waals surface area contributed by atoms with E-state index in [0.29, 0.717) is 5.69 Å². The maximum Gasteiger partial charge on any atom is 0.340 e. The summed E-state index contributed by atoms with van der Waals surface area (Å²) in [6.07, 6.45) is 2.92. The average molecular weight is 206 g/mol. The van der Waals surface area contributed by atoms with Gasteiger partial charge in [0.15, 0.2) is 0 Å². The van der Waals surface area contributed by atoms with Gasteiger partial charge in [0.25, 0.3) is 0 Å². The average Bonchev–Trinajstić information content (AvgIpc) is 2.15. The molecule has 0 unspecified atom stereocenters. The lowest BCUT2D eigenvalue weighted by Gasteiger charge is -2.19. The maximum atomic E-state index is 11.6. The van der Waals surface area contributed by atoms with Gasteiger partial charge in [-0.3, -0.25) is 0 Å². The Morgan fingerprint density at radius 2 is 2.13 bits per heavy atom. The molecule has 1 heterocycles. The molecule has 80 valence electrons. The zero-order chi connectivity index (χ0) is 11.5. The molecule has 0 aliphatic heterocycles. The highest BCUT2D eigenvalue weighted by Gasteiger charge is 2.19. The van der Waals surface area contributed by atoms with Crippen LogP contribution in [0.5, 0.6) is 0 Å². The third-order valence-electron chi connectivity index (χ3n) is 1.54. The van der Waals surface area contributed by atoms with E-state index in [0.717, 1.165) is 0 Å². The summed E-state index contributed by atoms with van der Waals surface area (Å²) in [6.45, 7) is 9.06. The van der Waals surface area contributed by atoms with Gasteiger partial charge in [0.2, 0.25) is 0 Å². The number of esters is 1. The quantitative estimate of drug-likeness (QED) is 0.547. The van der Waals surface area contributed by atoms with Crippen molar-refractivity contribution in [1.82, 2.24) is 9.97 Å². The van der Waals surface area contributed by atoms with Crippen LogP contribution in [0.15, 0.2) is 25.2 Å². The molecule has 0 aliphatic carbocycles. The van der Waals surface area contributed by atoms with E-state index in [1.807, 2.05) is 0 Å². The van der Waals surface area contributed by atoms with Crippen LogP contribution in [0.3, 0.4) is 0 Å². The fourth-order valence-corrected chi connectivity index (χ4v) is 0.913. The summed E-state index contributed by atoms with van der Waals surface area (Å²) < 4.78 is 5.16. The molecule has 4 nitrogen and oxygen atoms in total. The summed E-state index contributed by atoms with van der Waals surface area (Å²) in [4.78, 5) is 19.3. The van der Waals surface area contributed by atoms with E-state index >= 15 is 0 Å². The number of carbonyl (C=O) groups is 1. The fourth-order valence-electron chi connectivity index (χ4n) is 0.913. The predicted octanol–water partition coefficient (Wildman–Crippen LogP) is 1.83. The monoisotopic (exact) mass is 206 g/mol. The molecule has 0 fully saturated rings. The molecule has 0 atom stereocenters. The molecule has 15 heavy (non-hydrogen) atoms. The summed E-state index contributed by atoms with van der Waals surface area (Å²) in [5.74, 6) is -0.457. The Kier molecular flexibility index (Phi) is 3.19. The van der Waals surface area contributed by atoms with E-state index in [1.54, 1.807) is 33.0 Å². The number of hydrogen-bond donors (Lipinski definition) is 0. The van der Waals surface area contributed by atoms with Crippen LogP contribution in [0.25, 0.3) is 5.57 Å². The van der Waals surface area contributed by atoms with Crippen molar-refractivity contribution in [2.75, 3.05) is 0 Å². The number of aromatic nitrogens is 2. The highest BCUT2D eigenvalue weighted by molar-refractivity contribution is 6.15. The summed E-state index contributed by atoms with van der Waals surface area (Å²) >= 11 is 0. The molecule has 0 N–H and O–H groups in total. The lowest BCUT2D eigenvalue weighted by atomic mass is 10.1. The Hall–Kier alpha value is -1.71. The first kappa shape index (κ1) is 11.4. The fraction of sp³-hybridized carbons (Fsp3) is 0.364. The number of ether oxygens (including phenoxy) is 1. The van der Waals surface area contributed by atoms with Gasteiger partial charge in [-0.25, -0.2) is 14.8 Å².